The Kier molecular flexibility index (Phi) is 5.66. The summed E-state index contributed by atoms with van der Waals surface area (Å²) >= 11 is 5.91. The first-order valence-corrected chi connectivity index (χ1v) is 7.66. The summed E-state index contributed by atoms with van der Waals surface area (Å²) in [7, 11) is 4.11. The first-order chi connectivity index (χ1) is 10.0. The fourth-order valence-electron chi connectivity index (χ4n) is 2.25. The van der Waals surface area contributed by atoms with Crippen molar-refractivity contribution in [2.75, 3.05) is 19.0 Å². The largest absolute Gasteiger partial charge is 0.378 e. The van der Waals surface area contributed by atoms with E-state index in [1.165, 1.54) is 16.8 Å². The van der Waals surface area contributed by atoms with E-state index in [1.807, 2.05) is 12.1 Å². The molecule has 1 unspecified atom stereocenters. The van der Waals surface area contributed by atoms with Crippen LogP contribution >= 0.6 is 11.6 Å². The molecule has 0 bridgehead atoms. The zero-order valence-corrected chi connectivity index (χ0v) is 13.7. The minimum atomic E-state index is 0.430. The number of rotatable bonds is 6. The second-order valence-electron chi connectivity index (χ2n) is 5.67. The van der Waals surface area contributed by atoms with E-state index >= 15 is 0 Å². The first kappa shape index (κ1) is 15.9. The van der Waals surface area contributed by atoms with Crippen molar-refractivity contribution in [2.24, 2.45) is 0 Å². The number of benzene rings is 2. The predicted molar refractivity (Wildman–Crippen MR) is 92.2 cm³/mol. The molecule has 0 fully saturated rings. The summed E-state index contributed by atoms with van der Waals surface area (Å²) in [4.78, 5) is 2.11. The van der Waals surface area contributed by atoms with Gasteiger partial charge in [-0.25, -0.2) is 0 Å². The summed E-state index contributed by atoms with van der Waals surface area (Å²) in [6.07, 6.45) is 1.01. The molecule has 0 aliphatic carbocycles. The van der Waals surface area contributed by atoms with Crippen LogP contribution in [0.5, 0.6) is 0 Å². The van der Waals surface area contributed by atoms with Crippen LogP contribution in [-0.2, 0) is 13.0 Å². The van der Waals surface area contributed by atoms with Gasteiger partial charge in [0.1, 0.15) is 0 Å². The number of nitrogens with one attached hydrogen (secondary N) is 1. The smallest absolute Gasteiger partial charge is 0.0406 e. The lowest BCUT2D eigenvalue weighted by molar-refractivity contribution is 0.545. The van der Waals surface area contributed by atoms with E-state index < -0.39 is 0 Å². The number of hydrogen-bond acceptors (Lipinski definition) is 2. The Balaban J connectivity index is 1.83. The fourth-order valence-corrected chi connectivity index (χ4v) is 2.38. The van der Waals surface area contributed by atoms with Gasteiger partial charge in [-0.05, 0) is 48.7 Å². The van der Waals surface area contributed by atoms with Crippen molar-refractivity contribution in [3.05, 3.63) is 64.7 Å². The fraction of sp³-hybridized carbons (Fsp3) is 0.333. The van der Waals surface area contributed by atoms with Gasteiger partial charge in [0.25, 0.3) is 0 Å². The molecule has 1 N–H and O–H groups in total. The first-order valence-electron chi connectivity index (χ1n) is 7.28. The SMILES string of the molecule is CC(Cc1ccc(Cl)cc1)NCc1ccc(N(C)C)cc1. The van der Waals surface area contributed by atoms with Gasteiger partial charge >= 0.3 is 0 Å². The van der Waals surface area contributed by atoms with Crippen LogP contribution in [0.4, 0.5) is 5.69 Å². The molecule has 3 heteroatoms. The van der Waals surface area contributed by atoms with Crippen molar-refractivity contribution >= 4 is 17.3 Å². The molecule has 0 saturated carbocycles. The number of nitrogens with zero attached hydrogens (tertiary/aromatic N) is 1. The maximum absolute atomic E-state index is 5.91. The van der Waals surface area contributed by atoms with Crippen molar-refractivity contribution in [1.82, 2.24) is 5.32 Å². The molecule has 2 rings (SSSR count). The summed E-state index contributed by atoms with van der Waals surface area (Å²) in [5, 5.41) is 4.36. The third kappa shape index (κ3) is 5.07. The molecule has 1 atom stereocenters. The van der Waals surface area contributed by atoms with Crippen LogP contribution in [0.3, 0.4) is 0 Å². The molecule has 0 aromatic heterocycles. The Labute approximate surface area is 132 Å². The maximum Gasteiger partial charge on any atom is 0.0406 e. The van der Waals surface area contributed by atoms with E-state index in [-0.39, 0.29) is 0 Å². The van der Waals surface area contributed by atoms with Gasteiger partial charge in [-0.2, -0.15) is 0 Å². The monoisotopic (exact) mass is 302 g/mol. The van der Waals surface area contributed by atoms with Crippen LogP contribution in [-0.4, -0.2) is 20.1 Å². The minimum absolute atomic E-state index is 0.430. The van der Waals surface area contributed by atoms with Crippen molar-refractivity contribution in [3.63, 3.8) is 0 Å². The number of halogens is 1. The summed E-state index contributed by atoms with van der Waals surface area (Å²) < 4.78 is 0. The second-order valence-corrected chi connectivity index (χ2v) is 6.11. The lowest BCUT2D eigenvalue weighted by Gasteiger charge is -2.16. The molecule has 0 radical (unpaired) electrons. The van der Waals surface area contributed by atoms with E-state index in [1.54, 1.807) is 0 Å². The van der Waals surface area contributed by atoms with E-state index in [9.17, 15) is 0 Å². The Bertz CT molecular complexity index is 546. The van der Waals surface area contributed by atoms with E-state index in [2.05, 4.69) is 67.6 Å². The topological polar surface area (TPSA) is 15.3 Å². The normalized spacial score (nSPS) is 12.2. The van der Waals surface area contributed by atoms with E-state index in [0.29, 0.717) is 6.04 Å². The van der Waals surface area contributed by atoms with Crippen LogP contribution in [0.15, 0.2) is 48.5 Å². The Morgan fingerprint density at radius 3 is 2.10 bits per heavy atom. The zero-order chi connectivity index (χ0) is 15.2. The molecule has 0 heterocycles. The van der Waals surface area contributed by atoms with Crippen molar-refractivity contribution in [1.29, 1.82) is 0 Å². The summed E-state index contributed by atoms with van der Waals surface area (Å²) in [5.41, 5.74) is 3.85. The lowest BCUT2D eigenvalue weighted by atomic mass is 10.1. The minimum Gasteiger partial charge on any atom is -0.378 e. The molecule has 0 aliphatic heterocycles. The second kappa shape index (κ2) is 7.48. The van der Waals surface area contributed by atoms with Crippen LogP contribution < -0.4 is 10.2 Å². The van der Waals surface area contributed by atoms with E-state index in [0.717, 1.165) is 18.0 Å². The van der Waals surface area contributed by atoms with Crippen LogP contribution in [0.2, 0.25) is 5.02 Å². The van der Waals surface area contributed by atoms with E-state index in [4.69, 9.17) is 11.6 Å². The molecule has 2 aromatic rings. The quantitative estimate of drug-likeness (QED) is 0.863. The van der Waals surface area contributed by atoms with Gasteiger partial charge in [0, 0.05) is 37.4 Å². The highest BCUT2D eigenvalue weighted by atomic mass is 35.5. The Morgan fingerprint density at radius 2 is 1.52 bits per heavy atom. The predicted octanol–water partition coefficient (Wildman–Crippen LogP) is 4.13. The molecule has 0 amide bonds. The van der Waals surface area contributed by atoms with Gasteiger partial charge in [0.2, 0.25) is 0 Å². The van der Waals surface area contributed by atoms with Gasteiger partial charge < -0.3 is 10.2 Å². The Hall–Kier alpha value is -1.51. The molecule has 0 aliphatic rings. The summed E-state index contributed by atoms with van der Waals surface area (Å²) in [6.45, 7) is 3.10. The molecule has 0 spiro atoms. The van der Waals surface area contributed by atoms with Gasteiger partial charge in [-0.1, -0.05) is 35.9 Å². The molecule has 2 aromatic carbocycles. The average molecular weight is 303 g/mol. The van der Waals surface area contributed by atoms with Gasteiger partial charge in [-0.3, -0.25) is 0 Å². The van der Waals surface area contributed by atoms with Crippen molar-refractivity contribution in [3.8, 4) is 0 Å². The van der Waals surface area contributed by atoms with Crippen molar-refractivity contribution < 1.29 is 0 Å². The Morgan fingerprint density at radius 1 is 0.952 bits per heavy atom. The van der Waals surface area contributed by atoms with Crippen LogP contribution in [0.1, 0.15) is 18.1 Å². The van der Waals surface area contributed by atoms with Gasteiger partial charge in [0.05, 0.1) is 0 Å². The molecule has 0 saturated heterocycles. The molecular weight excluding hydrogens is 280 g/mol. The van der Waals surface area contributed by atoms with Gasteiger partial charge in [0.15, 0.2) is 0 Å². The summed E-state index contributed by atoms with van der Waals surface area (Å²) in [6, 6.07) is 17.2. The third-order valence-corrected chi connectivity index (χ3v) is 3.81. The molecular formula is C18H23ClN2. The third-order valence-electron chi connectivity index (χ3n) is 3.56. The number of hydrogen-bond donors (Lipinski definition) is 1. The molecule has 112 valence electrons. The van der Waals surface area contributed by atoms with Crippen LogP contribution in [0.25, 0.3) is 0 Å². The highest BCUT2D eigenvalue weighted by Crippen LogP contribution is 2.13. The highest BCUT2D eigenvalue weighted by molar-refractivity contribution is 6.30. The maximum atomic E-state index is 5.91. The molecule has 2 nitrogen and oxygen atoms in total. The average Bonchev–Trinajstić information content (AvgIpc) is 2.48. The lowest BCUT2D eigenvalue weighted by Crippen LogP contribution is -2.27. The van der Waals surface area contributed by atoms with Crippen LogP contribution in [0, 0.1) is 0 Å². The summed E-state index contributed by atoms with van der Waals surface area (Å²) in [5.74, 6) is 0. The zero-order valence-electron chi connectivity index (χ0n) is 12.9. The van der Waals surface area contributed by atoms with Gasteiger partial charge in [-0.15, -0.1) is 0 Å². The standard InChI is InChI=1S/C18H23ClN2/c1-14(12-15-4-8-17(19)9-5-15)20-13-16-6-10-18(11-7-16)21(2)3/h4-11,14,20H,12-13H2,1-3H3. The van der Waals surface area contributed by atoms with Crippen molar-refractivity contribution in [2.45, 2.75) is 25.9 Å². The number of anilines is 1. The highest BCUT2D eigenvalue weighted by Gasteiger charge is 2.04. The molecule has 21 heavy (non-hydrogen) atoms.